The lowest BCUT2D eigenvalue weighted by atomic mass is 10.0. The minimum absolute atomic E-state index is 0.210. The van der Waals surface area contributed by atoms with E-state index in [1.165, 1.54) is 17.7 Å². The van der Waals surface area contributed by atoms with Gasteiger partial charge in [0.15, 0.2) is 0 Å². The molecular weight excluding hydrogens is 424 g/mol. The lowest BCUT2D eigenvalue weighted by Gasteiger charge is -2.09. The van der Waals surface area contributed by atoms with Crippen LogP contribution in [0.4, 0.5) is 0 Å². The number of carboxylic acid groups (broad SMARTS) is 1. The Morgan fingerprint density at radius 1 is 0.967 bits per heavy atom. The van der Waals surface area contributed by atoms with Gasteiger partial charge in [0.2, 0.25) is 10.0 Å². The Hall–Kier alpha value is -1.96. The van der Waals surface area contributed by atoms with Crippen molar-refractivity contribution in [2.45, 2.75) is 62.7 Å². The second-order valence-corrected chi connectivity index (χ2v) is 9.43. The number of hydrogen-bond donors (Lipinski definition) is 2. The molecule has 2 N–H and O–H groups in total. The van der Waals surface area contributed by atoms with E-state index in [2.05, 4.69) is 15.8 Å². The highest BCUT2D eigenvalue weighted by Crippen LogP contribution is 2.15. The van der Waals surface area contributed by atoms with Crippen molar-refractivity contribution in [2.24, 2.45) is 0 Å². The molecule has 2 aromatic rings. The molecule has 0 radical (unpaired) electrons. The summed E-state index contributed by atoms with van der Waals surface area (Å²) in [4.78, 5) is 15.2. The summed E-state index contributed by atoms with van der Waals surface area (Å²) in [6, 6.07) is 10.1. The summed E-state index contributed by atoms with van der Waals surface area (Å²) < 4.78 is 27.1. The number of aromatic nitrogens is 1. The van der Waals surface area contributed by atoms with Gasteiger partial charge in [-0.1, -0.05) is 30.5 Å². The number of unbranched alkanes of at least 4 members (excludes halogenated alkanes) is 4. The molecule has 0 aliphatic carbocycles. The maximum atomic E-state index is 12.3. The van der Waals surface area contributed by atoms with Crippen molar-refractivity contribution in [3.05, 3.63) is 58.9 Å². The molecular formula is C22H29ClN2O4S. The number of carboxylic acids is 1. The third-order valence-electron chi connectivity index (χ3n) is 4.83. The summed E-state index contributed by atoms with van der Waals surface area (Å²) in [5.41, 5.74) is 2.28. The number of rotatable bonds is 14. The molecule has 0 fully saturated rings. The first-order valence-corrected chi connectivity index (χ1v) is 12.1. The van der Waals surface area contributed by atoms with Crippen LogP contribution in [0.2, 0.25) is 5.02 Å². The van der Waals surface area contributed by atoms with E-state index < -0.39 is 16.0 Å². The topological polar surface area (TPSA) is 96.4 Å². The quantitative estimate of drug-likeness (QED) is 0.408. The molecule has 30 heavy (non-hydrogen) atoms. The maximum absolute atomic E-state index is 12.3. The molecule has 0 bridgehead atoms. The van der Waals surface area contributed by atoms with Crippen LogP contribution in [0.15, 0.2) is 47.5 Å². The molecule has 0 atom stereocenters. The van der Waals surface area contributed by atoms with Gasteiger partial charge in [0.25, 0.3) is 0 Å². The van der Waals surface area contributed by atoms with Crippen LogP contribution in [-0.4, -0.2) is 31.0 Å². The van der Waals surface area contributed by atoms with Crippen molar-refractivity contribution in [3.8, 4) is 0 Å². The third-order valence-corrected chi connectivity index (χ3v) is 6.56. The molecule has 6 nitrogen and oxygen atoms in total. The fraction of sp³-hybridized carbons (Fsp3) is 0.455. The normalized spacial score (nSPS) is 11.5. The predicted molar refractivity (Wildman–Crippen MR) is 118 cm³/mol. The van der Waals surface area contributed by atoms with Crippen LogP contribution in [-0.2, 0) is 27.7 Å². The number of pyridine rings is 1. The highest BCUT2D eigenvalue weighted by atomic mass is 35.5. The van der Waals surface area contributed by atoms with Gasteiger partial charge < -0.3 is 5.11 Å². The van der Waals surface area contributed by atoms with Gasteiger partial charge >= 0.3 is 5.97 Å². The SMILES string of the molecule is O=C(O)CCCCCCc1cccnc1CCCCNS(=O)(=O)c1ccc(Cl)cc1. The van der Waals surface area contributed by atoms with Crippen LogP contribution in [0.5, 0.6) is 0 Å². The summed E-state index contributed by atoms with van der Waals surface area (Å²) in [7, 11) is -3.52. The molecule has 0 spiro atoms. The summed E-state index contributed by atoms with van der Waals surface area (Å²) in [6.07, 6.45) is 8.99. The van der Waals surface area contributed by atoms with Gasteiger partial charge in [-0.3, -0.25) is 9.78 Å². The van der Waals surface area contributed by atoms with E-state index in [-0.39, 0.29) is 11.3 Å². The zero-order chi connectivity index (χ0) is 21.8. The number of aliphatic carboxylic acids is 1. The second-order valence-electron chi connectivity index (χ2n) is 7.23. The van der Waals surface area contributed by atoms with Crippen molar-refractivity contribution in [2.75, 3.05) is 6.54 Å². The first-order valence-electron chi connectivity index (χ1n) is 10.3. The van der Waals surface area contributed by atoms with Crippen LogP contribution in [0.3, 0.4) is 0 Å². The van der Waals surface area contributed by atoms with Crippen LogP contribution in [0.1, 0.15) is 56.2 Å². The molecule has 0 saturated carbocycles. The van der Waals surface area contributed by atoms with Crippen LogP contribution < -0.4 is 4.72 Å². The van der Waals surface area contributed by atoms with Gasteiger partial charge in [-0.05, 0) is 74.4 Å². The number of nitrogens with one attached hydrogen (secondary N) is 1. The molecule has 2 rings (SSSR count). The zero-order valence-corrected chi connectivity index (χ0v) is 18.6. The van der Waals surface area contributed by atoms with Crippen molar-refractivity contribution in [1.82, 2.24) is 9.71 Å². The minimum Gasteiger partial charge on any atom is -0.481 e. The molecule has 0 amide bonds. The smallest absolute Gasteiger partial charge is 0.303 e. The Morgan fingerprint density at radius 2 is 1.67 bits per heavy atom. The number of aryl methyl sites for hydroxylation is 2. The van der Waals surface area contributed by atoms with Gasteiger partial charge in [-0.15, -0.1) is 0 Å². The molecule has 0 aliphatic heterocycles. The number of nitrogens with zero attached hydrogens (tertiary/aromatic N) is 1. The highest BCUT2D eigenvalue weighted by Gasteiger charge is 2.13. The number of hydrogen-bond acceptors (Lipinski definition) is 4. The lowest BCUT2D eigenvalue weighted by Crippen LogP contribution is -2.24. The number of halogens is 1. The second kappa shape index (κ2) is 12.7. The van der Waals surface area contributed by atoms with E-state index in [0.29, 0.717) is 11.6 Å². The van der Waals surface area contributed by atoms with Crippen LogP contribution in [0, 0.1) is 0 Å². The summed E-state index contributed by atoms with van der Waals surface area (Å²) >= 11 is 5.80. The Bertz CT molecular complexity index is 902. The average Bonchev–Trinajstić information content (AvgIpc) is 2.71. The summed E-state index contributed by atoms with van der Waals surface area (Å²) in [5.74, 6) is -0.736. The van der Waals surface area contributed by atoms with Crippen molar-refractivity contribution >= 4 is 27.6 Å². The van der Waals surface area contributed by atoms with E-state index in [4.69, 9.17) is 16.7 Å². The molecule has 164 valence electrons. The van der Waals surface area contributed by atoms with Gasteiger partial charge in [0, 0.05) is 29.9 Å². The minimum atomic E-state index is -3.52. The number of carbonyl (C=O) groups is 1. The first-order chi connectivity index (χ1) is 14.4. The van der Waals surface area contributed by atoms with Crippen LogP contribution in [0.25, 0.3) is 0 Å². The van der Waals surface area contributed by atoms with Gasteiger partial charge in [-0.2, -0.15) is 0 Å². The molecule has 1 heterocycles. The molecule has 1 aromatic carbocycles. The fourth-order valence-corrected chi connectivity index (χ4v) is 4.39. The number of sulfonamides is 1. The zero-order valence-electron chi connectivity index (χ0n) is 17.0. The van der Waals surface area contributed by atoms with E-state index in [0.717, 1.165) is 57.1 Å². The van der Waals surface area contributed by atoms with Gasteiger partial charge in [0.05, 0.1) is 4.90 Å². The Labute approximate surface area is 183 Å². The molecule has 1 aromatic heterocycles. The highest BCUT2D eigenvalue weighted by molar-refractivity contribution is 7.89. The van der Waals surface area contributed by atoms with Crippen molar-refractivity contribution in [3.63, 3.8) is 0 Å². The Kier molecular flexibility index (Phi) is 10.3. The fourth-order valence-electron chi connectivity index (χ4n) is 3.19. The van der Waals surface area contributed by atoms with E-state index >= 15 is 0 Å². The van der Waals surface area contributed by atoms with Crippen molar-refractivity contribution in [1.29, 1.82) is 0 Å². The third kappa shape index (κ3) is 8.81. The van der Waals surface area contributed by atoms with Crippen LogP contribution >= 0.6 is 11.6 Å². The largest absolute Gasteiger partial charge is 0.481 e. The molecule has 8 heteroatoms. The van der Waals surface area contributed by atoms with E-state index in [1.54, 1.807) is 18.3 Å². The van der Waals surface area contributed by atoms with Gasteiger partial charge in [0.1, 0.15) is 0 Å². The van der Waals surface area contributed by atoms with Gasteiger partial charge in [-0.25, -0.2) is 13.1 Å². The molecule has 0 saturated heterocycles. The van der Waals surface area contributed by atoms with Crippen molar-refractivity contribution < 1.29 is 18.3 Å². The molecule has 0 aliphatic rings. The maximum Gasteiger partial charge on any atom is 0.303 e. The monoisotopic (exact) mass is 452 g/mol. The average molecular weight is 453 g/mol. The summed E-state index contributed by atoms with van der Waals surface area (Å²) in [6.45, 7) is 0.372. The standard InChI is InChI=1S/C22H29ClN2O4S/c23-19-12-14-20(15-13-19)30(28,29)25-17-6-5-10-21-18(9-7-16-24-21)8-3-1-2-4-11-22(26)27/h7,9,12-16,25H,1-6,8,10-11,17H2,(H,26,27). The predicted octanol–water partition coefficient (Wildman–Crippen LogP) is 4.61. The number of benzene rings is 1. The Morgan fingerprint density at radius 3 is 2.40 bits per heavy atom. The lowest BCUT2D eigenvalue weighted by molar-refractivity contribution is -0.137. The first kappa shape index (κ1) is 24.3. The van der Waals surface area contributed by atoms with E-state index in [1.807, 2.05) is 6.07 Å². The van der Waals surface area contributed by atoms with E-state index in [9.17, 15) is 13.2 Å². The summed E-state index contributed by atoms with van der Waals surface area (Å²) in [5, 5.41) is 9.17. The molecule has 0 unspecified atom stereocenters. The Balaban J connectivity index is 1.70.